The molecule has 1 aliphatic carbocycles. The molecule has 0 spiro atoms. The van der Waals surface area contributed by atoms with Gasteiger partial charge in [0.15, 0.2) is 5.58 Å². The zero-order valence-electron chi connectivity index (χ0n) is 23.7. The van der Waals surface area contributed by atoms with Gasteiger partial charge in [-0.2, -0.15) is 0 Å². The fraction of sp³-hybridized carbons (Fsp3) is 0.0500. The maximum Gasteiger partial charge on any atom is 0.159 e. The van der Waals surface area contributed by atoms with Gasteiger partial charge in [-0.1, -0.05) is 72.8 Å². The summed E-state index contributed by atoms with van der Waals surface area (Å²) in [7, 11) is 0. The SMILES string of the molecule is C1=CCC(N(c2ccc3c(c2)Oc2ccc4c5c(ccc-3c25)Oc2ccccc2-4)c2cccc3c2oc2ccccc23)C=C1. The van der Waals surface area contributed by atoms with E-state index in [4.69, 9.17) is 13.9 Å². The van der Waals surface area contributed by atoms with Crippen molar-refractivity contribution in [3.63, 3.8) is 0 Å². The van der Waals surface area contributed by atoms with E-state index in [0.717, 1.165) is 90.2 Å². The van der Waals surface area contributed by atoms with Crippen LogP contribution in [-0.4, -0.2) is 6.04 Å². The van der Waals surface area contributed by atoms with Crippen LogP contribution in [0.2, 0.25) is 0 Å². The summed E-state index contributed by atoms with van der Waals surface area (Å²) in [5, 5.41) is 4.44. The largest absolute Gasteiger partial charge is 0.456 e. The Hall–Kier alpha value is -5.74. The number of hydrogen-bond acceptors (Lipinski definition) is 4. The second-order valence-corrected chi connectivity index (χ2v) is 11.6. The first-order valence-electron chi connectivity index (χ1n) is 15.0. The Bertz CT molecular complexity index is 2390. The third-order valence-electron chi connectivity index (χ3n) is 9.17. The number of ether oxygens (including phenoxy) is 2. The third-order valence-corrected chi connectivity index (χ3v) is 9.17. The van der Waals surface area contributed by atoms with Crippen LogP contribution < -0.4 is 14.4 Å². The van der Waals surface area contributed by atoms with Gasteiger partial charge in [0.25, 0.3) is 0 Å². The number of anilines is 2. The Morgan fingerprint density at radius 2 is 1.30 bits per heavy atom. The molecule has 0 N–H and O–H groups in total. The number of para-hydroxylation sites is 3. The van der Waals surface area contributed by atoms with Crippen molar-refractivity contribution in [2.75, 3.05) is 4.90 Å². The predicted molar refractivity (Wildman–Crippen MR) is 178 cm³/mol. The first kappa shape index (κ1) is 23.8. The summed E-state index contributed by atoms with van der Waals surface area (Å²) in [4.78, 5) is 2.38. The van der Waals surface area contributed by atoms with Gasteiger partial charge in [-0.3, -0.25) is 0 Å². The van der Waals surface area contributed by atoms with Crippen molar-refractivity contribution in [1.29, 1.82) is 0 Å². The molecule has 2 aliphatic heterocycles. The summed E-state index contributed by atoms with van der Waals surface area (Å²) in [6, 6.07) is 38.1. The molecule has 208 valence electrons. The average Bonchev–Trinajstić information content (AvgIpc) is 3.47. The number of benzene rings is 6. The van der Waals surface area contributed by atoms with E-state index in [9.17, 15) is 0 Å². The zero-order chi connectivity index (χ0) is 28.8. The van der Waals surface area contributed by atoms with Gasteiger partial charge in [0.1, 0.15) is 28.6 Å². The van der Waals surface area contributed by atoms with Gasteiger partial charge >= 0.3 is 0 Å². The van der Waals surface area contributed by atoms with E-state index in [1.54, 1.807) is 0 Å². The minimum Gasteiger partial charge on any atom is -0.456 e. The lowest BCUT2D eigenvalue weighted by Crippen LogP contribution is -2.30. The van der Waals surface area contributed by atoms with Crippen LogP contribution in [0, 0.1) is 0 Å². The van der Waals surface area contributed by atoms with Gasteiger partial charge in [-0.05, 0) is 72.1 Å². The van der Waals surface area contributed by atoms with E-state index in [-0.39, 0.29) is 6.04 Å². The van der Waals surface area contributed by atoms with Crippen molar-refractivity contribution in [3.05, 3.63) is 133 Å². The highest BCUT2D eigenvalue weighted by atomic mass is 16.5. The van der Waals surface area contributed by atoms with Gasteiger partial charge in [-0.25, -0.2) is 0 Å². The maximum atomic E-state index is 6.73. The standard InChI is InChI=1S/C40H25NO3/c1-2-9-24(10-3-1)41(32-14-8-13-31-27-12-5-7-16-34(27)44-40(31)32)25-17-18-28-30-20-21-35-38-29(26-11-4-6-15-33(26)42-35)19-22-36(39(30)38)43-37(28)23-25/h1-9,11-24H,10H2. The first-order valence-corrected chi connectivity index (χ1v) is 15.0. The monoisotopic (exact) mass is 567 g/mol. The number of rotatable bonds is 3. The van der Waals surface area contributed by atoms with Crippen molar-refractivity contribution in [3.8, 4) is 45.3 Å². The Morgan fingerprint density at radius 1 is 0.568 bits per heavy atom. The lowest BCUT2D eigenvalue weighted by Gasteiger charge is -2.33. The molecule has 0 saturated carbocycles. The van der Waals surface area contributed by atoms with Crippen LogP contribution in [0.4, 0.5) is 11.4 Å². The molecular formula is C40H25NO3. The fourth-order valence-electron chi connectivity index (χ4n) is 7.22. The molecule has 0 amide bonds. The number of fused-ring (bicyclic) bond motifs is 7. The minimum absolute atomic E-state index is 0.122. The van der Waals surface area contributed by atoms with Gasteiger partial charge in [0, 0.05) is 44.4 Å². The van der Waals surface area contributed by atoms with E-state index in [0.29, 0.717) is 0 Å². The molecule has 1 aromatic heterocycles. The maximum absolute atomic E-state index is 6.73. The van der Waals surface area contributed by atoms with Crippen LogP contribution in [-0.2, 0) is 0 Å². The van der Waals surface area contributed by atoms with Crippen molar-refractivity contribution in [2.24, 2.45) is 0 Å². The molecular weight excluding hydrogens is 542 g/mol. The number of hydrogen-bond donors (Lipinski definition) is 0. The Kier molecular flexibility index (Phi) is 4.80. The third kappa shape index (κ3) is 3.28. The molecule has 3 aliphatic rings. The normalized spacial score (nSPS) is 15.6. The van der Waals surface area contributed by atoms with Crippen molar-refractivity contribution >= 4 is 44.1 Å². The Morgan fingerprint density at radius 3 is 2.14 bits per heavy atom. The van der Waals surface area contributed by atoms with E-state index in [2.05, 4.69) is 114 Å². The van der Waals surface area contributed by atoms with Crippen LogP contribution in [0.15, 0.2) is 138 Å². The molecule has 0 radical (unpaired) electrons. The zero-order valence-corrected chi connectivity index (χ0v) is 23.7. The van der Waals surface area contributed by atoms with Crippen LogP contribution in [0.1, 0.15) is 6.42 Å². The molecule has 1 unspecified atom stereocenters. The lowest BCUT2D eigenvalue weighted by molar-refractivity contribution is 0.480. The molecule has 0 fully saturated rings. The molecule has 7 aromatic rings. The first-order chi connectivity index (χ1) is 21.8. The van der Waals surface area contributed by atoms with Gasteiger partial charge < -0.3 is 18.8 Å². The summed E-state index contributed by atoms with van der Waals surface area (Å²) in [6.07, 6.45) is 9.62. The highest BCUT2D eigenvalue weighted by Gasteiger charge is 2.29. The molecule has 4 heteroatoms. The molecule has 0 bridgehead atoms. The molecule has 6 aromatic carbocycles. The van der Waals surface area contributed by atoms with E-state index in [1.165, 1.54) is 5.56 Å². The van der Waals surface area contributed by atoms with Crippen LogP contribution in [0.25, 0.3) is 55.0 Å². The summed E-state index contributed by atoms with van der Waals surface area (Å²) >= 11 is 0. The van der Waals surface area contributed by atoms with Crippen molar-refractivity contribution < 1.29 is 13.9 Å². The average molecular weight is 568 g/mol. The second-order valence-electron chi connectivity index (χ2n) is 11.6. The summed E-state index contributed by atoms with van der Waals surface area (Å²) < 4.78 is 19.6. The molecule has 44 heavy (non-hydrogen) atoms. The number of allylic oxidation sites excluding steroid dienone is 2. The molecule has 1 atom stereocenters. The molecule has 4 nitrogen and oxygen atoms in total. The molecule has 10 rings (SSSR count). The quantitative estimate of drug-likeness (QED) is 0.213. The summed E-state index contributed by atoms with van der Waals surface area (Å²) in [5.41, 5.74) is 8.38. The topological polar surface area (TPSA) is 34.8 Å². The smallest absolute Gasteiger partial charge is 0.159 e. The van der Waals surface area contributed by atoms with E-state index >= 15 is 0 Å². The van der Waals surface area contributed by atoms with E-state index in [1.807, 2.05) is 24.3 Å². The lowest BCUT2D eigenvalue weighted by atomic mass is 9.88. The Balaban J connectivity index is 1.16. The van der Waals surface area contributed by atoms with Crippen molar-refractivity contribution in [1.82, 2.24) is 0 Å². The second kappa shape index (κ2) is 8.88. The van der Waals surface area contributed by atoms with Gasteiger partial charge in [-0.15, -0.1) is 0 Å². The summed E-state index contributed by atoms with van der Waals surface area (Å²) in [6.45, 7) is 0. The number of furan rings is 1. The van der Waals surface area contributed by atoms with Crippen molar-refractivity contribution in [2.45, 2.75) is 12.5 Å². The highest BCUT2D eigenvalue weighted by Crippen LogP contribution is 2.55. The predicted octanol–water partition coefficient (Wildman–Crippen LogP) is 11.3. The van der Waals surface area contributed by atoms with Crippen LogP contribution in [0.3, 0.4) is 0 Å². The summed E-state index contributed by atoms with van der Waals surface area (Å²) in [5.74, 6) is 3.44. The van der Waals surface area contributed by atoms with E-state index < -0.39 is 0 Å². The van der Waals surface area contributed by atoms with Crippen LogP contribution in [0.5, 0.6) is 23.0 Å². The minimum atomic E-state index is 0.122. The highest BCUT2D eigenvalue weighted by molar-refractivity contribution is 6.14. The fourth-order valence-corrected chi connectivity index (χ4v) is 7.22. The molecule has 0 saturated heterocycles. The molecule has 3 heterocycles. The van der Waals surface area contributed by atoms with Crippen LogP contribution >= 0.6 is 0 Å². The Labute approximate surface area is 253 Å². The van der Waals surface area contributed by atoms with Gasteiger partial charge in [0.05, 0.1) is 11.7 Å². The number of nitrogens with zero attached hydrogens (tertiary/aromatic N) is 1. The van der Waals surface area contributed by atoms with Gasteiger partial charge in [0.2, 0.25) is 0 Å².